The van der Waals surface area contributed by atoms with Crippen LogP contribution in [0.25, 0.3) is 0 Å². The van der Waals surface area contributed by atoms with Gasteiger partial charge in [0.05, 0.1) is 13.7 Å². The molecule has 1 atom stereocenters. The Morgan fingerprint density at radius 3 is 2.43 bits per heavy atom. The van der Waals surface area contributed by atoms with Gasteiger partial charge in [-0.25, -0.2) is 0 Å². The van der Waals surface area contributed by atoms with Crippen LogP contribution in [0.3, 0.4) is 0 Å². The fraction of sp³-hybridized carbons (Fsp3) is 0.471. The number of thioether (sulfide) groups is 1. The van der Waals surface area contributed by atoms with Crippen LogP contribution in [0.4, 0.5) is 0 Å². The molecule has 1 rings (SSSR count). The molecule has 1 aromatic rings. The molecule has 1 aromatic carbocycles. The van der Waals surface area contributed by atoms with E-state index in [1.54, 1.807) is 7.11 Å². The Hall–Kier alpha value is -1.42. The summed E-state index contributed by atoms with van der Waals surface area (Å²) in [7, 11) is 1.64. The Kier molecular flexibility index (Phi) is 6.82. The SMILES string of the molecule is CCOC(=O)C(C)(C=CC(C)C)Sc1ccc(OC)cc1. The van der Waals surface area contributed by atoms with E-state index < -0.39 is 4.75 Å². The monoisotopic (exact) mass is 308 g/mol. The van der Waals surface area contributed by atoms with Gasteiger partial charge in [0, 0.05) is 4.90 Å². The second kappa shape index (κ2) is 8.13. The van der Waals surface area contributed by atoms with Crippen LogP contribution in [0.1, 0.15) is 27.7 Å². The highest BCUT2D eigenvalue weighted by Gasteiger charge is 2.33. The van der Waals surface area contributed by atoms with Gasteiger partial charge in [0.1, 0.15) is 10.5 Å². The van der Waals surface area contributed by atoms with Crippen LogP contribution in [-0.4, -0.2) is 24.4 Å². The summed E-state index contributed by atoms with van der Waals surface area (Å²) >= 11 is 1.48. The molecule has 4 heteroatoms. The highest BCUT2D eigenvalue weighted by atomic mass is 32.2. The largest absolute Gasteiger partial charge is 0.497 e. The number of methoxy groups -OCH3 is 1. The number of ether oxygens (including phenoxy) is 2. The zero-order valence-corrected chi connectivity index (χ0v) is 14.2. The number of carbonyl (C=O) groups excluding carboxylic acids is 1. The van der Waals surface area contributed by atoms with Gasteiger partial charge in [0.2, 0.25) is 0 Å². The Morgan fingerprint density at radius 1 is 1.33 bits per heavy atom. The summed E-state index contributed by atoms with van der Waals surface area (Å²) in [6.45, 7) is 8.26. The van der Waals surface area contributed by atoms with Crippen molar-refractivity contribution in [2.45, 2.75) is 37.3 Å². The maximum Gasteiger partial charge on any atom is 0.326 e. The third kappa shape index (κ3) is 5.46. The summed E-state index contributed by atoms with van der Waals surface area (Å²) in [5.41, 5.74) is 0. The van der Waals surface area contributed by atoms with Crippen molar-refractivity contribution < 1.29 is 14.3 Å². The van der Waals surface area contributed by atoms with E-state index in [-0.39, 0.29) is 5.97 Å². The number of allylic oxidation sites excluding steroid dienone is 1. The average Bonchev–Trinajstić information content (AvgIpc) is 2.46. The molecule has 0 bridgehead atoms. The van der Waals surface area contributed by atoms with Crippen LogP contribution >= 0.6 is 11.8 Å². The Morgan fingerprint density at radius 2 is 1.95 bits per heavy atom. The first-order valence-electron chi connectivity index (χ1n) is 7.11. The maximum atomic E-state index is 12.3. The highest BCUT2D eigenvalue weighted by Crippen LogP contribution is 2.36. The van der Waals surface area contributed by atoms with E-state index in [0.717, 1.165) is 10.6 Å². The van der Waals surface area contributed by atoms with Crippen LogP contribution in [0, 0.1) is 5.92 Å². The molecule has 1 unspecified atom stereocenters. The van der Waals surface area contributed by atoms with Gasteiger partial charge in [0.25, 0.3) is 0 Å². The molecule has 0 fully saturated rings. The topological polar surface area (TPSA) is 35.5 Å². The Bertz CT molecular complexity index is 479. The number of hydrogen-bond acceptors (Lipinski definition) is 4. The lowest BCUT2D eigenvalue weighted by molar-refractivity contribution is -0.144. The van der Waals surface area contributed by atoms with Gasteiger partial charge in [-0.1, -0.05) is 26.0 Å². The maximum absolute atomic E-state index is 12.3. The van der Waals surface area contributed by atoms with Crippen molar-refractivity contribution in [1.29, 1.82) is 0 Å². The average molecular weight is 308 g/mol. The number of benzene rings is 1. The quantitative estimate of drug-likeness (QED) is 0.427. The molecule has 0 heterocycles. The van der Waals surface area contributed by atoms with Crippen molar-refractivity contribution in [1.82, 2.24) is 0 Å². The van der Waals surface area contributed by atoms with E-state index in [2.05, 4.69) is 13.8 Å². The van der Waals surface area contributed by atoms with Gasteiger partial charge >= 0.3 is 5.97 Å². The number of hydrogen-bond donors (Lipinski definition) is 0. The van der Waals surface area contributed by atoms with Gasteiger partial charge in [-0.05, 0) is 44.0 Å². The van der Waals surface area contributed by atoms with Gasteiger partial charge in [0.15, 0.2) is 0 Å². The van der Waals surface area contributed by atoms with E-state index in [1.165, 1.54) is 11.8 Å². The third-order valence-corrected chi connectivity index (χ3v) is 4.10. The number of carbonyl (C=O) groups is 1. The fourth-order valence-corrected chi connectivity index (χ4v) is 2.73. The molecular formula is C17H24O3S. The minimum absolute atomic E-state index is 0.220. The molecule has 0 aliphatic heterocycles. The number of esters is 1. The van der Waals surface area contributed by atoms with E-state index in [4.69, 9.17) is 9.47 Å². The molecule has 21 heavy (non-hydrogen) atoms. The normalized spacial score (nSPS) is 14.2. The van der Waals surface area contributed by atoms with Crippen LogP contribution in [0.5, 0.6) is 5.75 Å². The molecule has 0 saturated carbocycles. The van der Waals surface area contributed by atoms with E-state index in [9.17, 15) is 4.79 Å². The van der Waals surface area contributed by atoms with Crippen LogP contribution in [-0.2, 0) is 9.53 Å². The molecule has 0 aliphatic rings. The molecule has 116 valence electrons. The standard InChI is InChI=1S/C17H24O3S/c1-6-20-16(18)17(4,12-11-13(2)3)21-15-9-7-14(19-5)8-10-15/h7-13H,6H2,1-5H3. The molecule has 0 radical (unpaired) electrons. The first-order valence-corrected chi connectivity index (χ1v) is 7.92. The predicted octanol–water partition coefficient (Wildman–Crippen LogP) is 4.32. The molecule has 0 spiro atoms. The van der Waals surface area contributed by atoms with Gasteiger partial charge in [-0.15, -0.1) is 11.8 Å². The summed E-state index contributed by atoms with van der Waals surface area (Å²) in [6.07, 6.45) is 3.97. The molecular weight excluding hydrogens is 284 g/mol. The van der Waals surface area contributed by atoms with Crippen molar-refractivity contribution >= 4 is 17.7 Å². The highest BCUT2D eigenvalue weighted by molar-refractivity contribution is 8.01. The van der Waals surface area contributed by atoms with Gasteiger partial charge in [-0.3, -0.25) is 4.79 Å². The lowest BCUT2D eigenvalue weighted by Crippen LogP contribution is -2.31. The zero-order valence-electron chi connectivity index (χ0n) is 13.4. The van der Waals surface area contributed by atoms with Crippen molar-refractivity contribution in [2.75, 3.05) is 13.7 Å². The van der Waals surface area contributed by atoms with Gasteiger partial charge in [-0.2, -0.15) is 0 Å². The molecule has 0 amide bonds. The molecule has 0 N–H and O–H groups in total. The first-order chi connectivity index (χ1) is 9.91. The second-order valence-electron chi connectivity index (χ2n) is 5.21. The lowest BCUT2D eigenvalue weighted by atomic mass is 10.1. The fourth-order valence-electron chi connectivity index (χ4n) is 1.68. The summed E-state index contributed by atoms with van der Waals surface area (Å²) in [5, 5.41) is 0. The number of rotatable bonds is 7. The lowest BCUT2D eigenvalue weighted by Gasteiger charge is -2.23. The van der Waals surface area contributed by atoms with E-state index in [1.807, 2.05) is 50.3 Å². The summed E-state index contributed by atoms with van der Waals surface area (Å²) in [4.78, 5) is 13.3. The molecule has 0 saturated heterocycles. The van der Waals surface area contributed by atoms with Gasteiger partial charge < -0.3 is 9.47 Å². The van der Waals surface area contributed by atoms with E-state index >= 15 is 0 Å². The summed E-state index contributed by atoms with van der Waals surface area (Å²) in [6, 6.07) is 7.68. The van der Waals surface area contributed by atoms with Crippen LogP contribution in [0.2, 0.25) is 0 Å². The first kappa shape index (κ1) is 17.6. The second-order valence-corrected chi connectivity index (χ2v) is 6.73. The van der Waals surface area contributed by atoms with Crippen molar-refractivity contribution in [2.24, 2.45) is 5.92 Å². The van der Waals surface area contributed by atoms with Crippen LogP contribution in [0.15, 0.2) is 41.3 Å². The van der Waals surface area contributed by atoms with Crippen molar-refractivity contribution in [3.63, 3.8) is 0 Å². The summed E-state index contributed by atoms with van der Waals surface area (Å²) in [5.74, 6) is 0.966. The zero-order chi connectivity index (χ0) is 15.9. The van der Waals surface area contributed by atoms with Crippen molar-refractivity contribution in [3.8, 4) is 5.75 Å². The van der Waals surface area contributed by atoms with E-state index in [0.29, 0.717) is 12.5 Å². The predicted molar refractivity (Wildman–Crippen MR) is 87.9 cm³/mol. The Balaban J connectivity index is 2.97. The van der Waals surface area contributed by atoms with Crippen LogP contribution < -0.4 is 4.74 Å². The Labute approximate surface area is 131 Å². The molecule has 0 aliphatic carbocycles. The molecule has 3 nitrogen and oxygen atoms in total. The minimum atomic E-state index is -0.727. The van der Waals surface area contributed by atoms with Crippen molar-refractivity contribution in [3.05, 3.63) is 36.4 Å². The third-order valence-electron chi connectivity index (χ3n) is 2.87. The minimum Gasteiger partial charge on any atom is -0.497 e. The smallest absolute Gasteiger partial charge is 0.326 e. The molecule has 0 aromatic heterocycles. The summed E-state index contributed by atoms with van der Waals surface area (Å²) < 4.78 is 9.64.